The Kier molecular flexibility index (Phi) is 13.6. The number of hydrogen-bond donors (Lipinski definition) is 2. The highest BCUT2D eigenvalue weighted by molar-refractivity contribution is 7.89. The molecule has 1 aliphatic carbocycles. The molecule has 1 unspecified atom stereocenters. The van der Waals surface area contributed by atoms with E-state index >= 15 is 0 Å². The van der Waals surface area contributed by atoms with Crippen LogP contribution in [-0.2, 0) is 26.2 Å². The number of carbonyl (C=O) groups excluding carboxylic acids is 1. The number of alkyl halides is 3. The van der Waals surface area contributed by atoms with Crippen LogP contribution in [0.4, 0.5) is 13.2 Å². The van der Waals surface area contributed by atoms with E-state index in [0.29, 0.717) is 69.1 Å². The van der Waals surface area contributed by atoms with E-state index in [1.165, 1.54) is 36.4 Å². The molecular formula is C37H44ClF3N4O6S. The first-order chi connectivity index (χ1) is 24.8. The van der Waals surface area contributed by atoms with Gasteiger partial charge in [0.15, 0.2) is 0 Å². The van der Waals surface area contributed by atoms with E-state index in [9.17, 15) is 26.4 Å². The first-order valence-electron chi connectivity index (χ1n) is 17.4. The van der Waals surface area contributed by atoms with Gasteiger partial charge in [0.25, 0.3) is 0 Å². The van der Waals surface area contributed by atoms with Gasteiger partial charge >= 0.3 is 12.1 Å². The molecule has 10 nitrogen and oxygen atoms in total. The van der Waals surface area contributed by atoms with Gasteiger partial charge in [-0.2, -0.15) is 17.5 Å². The van der Waals surface area contributed by atoms with Crippen molar-refractivity contribution in [2.45, 2.75) is 55.8 Å². The van der Waals surface area contributed by atoms with Crippen LogP contribution in [0.25, 0.3) is 11.1 Å². The van der Waals surface area contributed by atoms with Crippen LogP contribution in [-0.4, -0.2) is 104 Å². The number of rotatable bonds is 9. The van der Waals surface area contributed by atoms with Crippen LogP contribution in [0.5, 0.6) is 5.75 Å². The van der Waals surface area contributed by atoms with Crippen LogP contribution in [0.3, 0.4) is 0 Å². The molecule has 0 bridgehead atoms. The van der Waals surface area contributed by atoms with Gasteiger partial charge in [0.2, 0.25) is 15.9 Å². The number of sulfonamides is 1. The van der Waals surface area contributed by atoms with Crippen molar-refractivity contribution in [3.05, 3.63) is 83.4 Å². The van der Waals surface area contributed by atoms with Gasteiger partial charge in [-0.05, 0) is 71.8 Å². The fraction of sp³-hybridized carbons (Fsp3) is 0.459. The van der Waals surface area contributed by atoms with E-state index in [4.69, 9.17) is 26.2 Å². The van der Waals surface area contributed by atoms with Gasteiger partial charge in [-0.15, -0.1) is 0 Å². The average Bonchev–Trinajstić information content (AvgIpc) is 3.15. The summed E-state index contributed by atoms with van der Waals surface area (Å²) in [5, 5.41) is 11.1. The summed E-state index contributed by atoms with van der Waals surface area (Å²) in [6, 6.07) is 22.1. The number of carbonyl (C=O) groups is 2. The molecule has 0 radical (unpaired) electrons. The summed E-state index contributed by atoms with van der Waals surface area (Å²) in [5.74, 6) is -1.64. The predicted molar refractivity (Wildman–Crippen MR) is 191 cm³/mol. The summed E-state index contributed by atoms with van der Waals surface area (Å²) >= 11 is 6.05. The maximum atomic E-state index is 14.0. The second-order valence-electron chi connectivity index (χ2n) is 13.2. The van der Waals surface area contributed by atoms with Gasteiger partial charge < -0.3 is 20.1 Å². The largest absolute Gasteiger partial charge is 0.493 e. The molecule has 2 aliphatic heterocycles. The van der Waals surface area contributed by atoms with Crippen molar-refractivity contribution in [3.8, 4) is 16.9 Å². The van der Waals surface area contributed by atoms with Crippen LogP contribution in [0.2, 0.25) is 5.02 Å². The summed E-state index contributed by atoms with van der Waals surface area (Å²) in [7, 11) is -3.90. The lowest BCUT2D eigenvalue weighted by Crippen LogP contribution is -2.62. The fourth-order valence-corrected chi connectivity index (χ4v) is 8.36. The monoisotopic (exact) mass is 764 g/mol. The Bertz CT molecular complexity index is 1730. The summed E-state index contributed by atoms with van der Waals surface area (Å²) in [6.07, 6.45) is 1.10. The van der Waals surface area contributed by atoms with Crippen molar-refractivity contribution in [2.24, 2.45) is 5.92 Å². The lowest BCUT2D eigenvalue weighted by atomic mass is 9.90. The molecule has 1 amide bonds. The summed E-state index contributed by atoms with van der Waals surface area (Å²) in [4.78, 5) is 27.0. The minimum absolute atomic E-state index is 0.129. The van der Waals surface area contributed by atoms with Crippen molar-refractivity contribution < 1.29 is 41.0 Å². The second kappa shape index (κ2) is 17.9. The topological polar surface area (TPSA) is 119 Å². The van der Waals surface area contributed by atoms with E-state index < -0.39 is 28.2 Å². The minimum Gasteiger partial charge on any atom is -0.493 e. The predicted octanol–water partition coefficient (Wildman–Crippen LogP) is 5.91. The van der Waals surface area contributed by atoms with E-state index in [0.717, 1.165) is 16.7 Å². The number of hydrogen-bond acceptors (Lipinski definition) is 7. The summed E-state index contributed by atoms with van der Waals surface area (Å²) in [5.41, 5.74) is 3.31. The molecular weight excluding hydrogens is 721 g/mol. The van der Waals surface area contributed by atoms with Crippen LogP contribution < -0.4 is 10.1 Å². The maximum Gasteiger partial charge on any atom is 0.490 e. The molecule has 2 N–H and O–H groups in total. The molecule has 6 rings (SSSR count). The number of benzene rings is 3. The van der Waals surface area contributed by atoms with Gasteiger partial charge in [0.1, 0.15) is 11.8 Å². The standard InChI is InChI=1S/C35H43ClN4O4S.C2HF3O2/c36-31-12-10-30(11-13-31)29-8-6-27(7-9-29)24-38-22-23-40(34(25-38)35(41)39-20-18-37-19-21-39)45(42,43)33-16-14-32(15-17-33)44-26-28-4-2-1-3-5-28;3-2(4,5)1(6)7/h6-17,28,34,37H,1-5,18-26H2;(H,6,7). The van der Waals surface area contributed by atoms with Crippen LogP contribution in [0.1, 0.15) is 37.7 Å². The second-order valence-corrected chi connectivity index (χ2v) is 15.6. The molecule has 1 atom stereocenters. The third-order valence-electron chi connectivity index (χ3n) is 9.55. The minimum atomic E-state index is -5.08. The third-order valence-corrected chi connectivity index (χ3v) is 11.7. The van der Waals surface area contributed by atoms with Gasteiger partial charge in [-0.1, -0.05) is 67.3 Å². The number of carboxylic acids is 1. The van der Waals surface area contributed by atoms with Gasteiger partial charge in [-0.3, -0.25) is 9.69 Å². The average molecular weight is 765 g/mol. The molecule has 3 aromatic carbocycles. The zero-order chi connectivity index (χ0) is 37.3. The van der Waals surface area contributed by atoms with E-state index in [-0.39, 0.29) is 17.3 Å². The lowest BCUT2D eigenvalue weighted by Gasteiger charge is -2.42. The van der Waals surface area contributed by atoms with Crippen molar-refractivity contribution in [2.75, 3.05) is 52.4 Å². The van der Waals surface area contributed by atoms with Crippen molar-refractivity contribution in [1.29, 1.82) is 0 Å². The van der Waals surface area contributed by atoms with Crippen LogP contribution in [0, 0.1) is 5.92 Å². The molecule has 52 heavy (non-hydrogen) atoms. The molecule has 3 fully saturated rings. The smallest absolute Gasteiger partial charge is 0.490 e. The summed E-state index contributed by atoms with van der Waals surface area (Å²) < 4.78 is 67.2. The SMILES string of the molecule is O=C(C1CN(Cc2ccc(-c3ccc(Cl)cc3)cc2)CCN1S(=O)(=O)c1ccc(OCC2CCCCC2)cc1)N1CCNCC1.O=C(O)C(F)(F)F. The highest BCUT2D eigenvalue weighted by Gasteiger charge is 2.42. The van der Waals surface area contributed by atoms with Crippen LogP contribution >= 0.6 is 11.6 Å². The van der Waals surface area contributed by atoms with Crippen molar-refractivity contribution in [3.63, 3.8) is 0 Å². The molecule has 3 aliphatic rings. The van der Waals surface area contributed by atoms with Crippen LogP contribution in [0.15, 0.2) is 77.7 Å². The first-order valence-corrected chi connectivity index (χ1v) is 19.2. The number of nitrogens with zero attached hydrogens (tertiary/aromatic N) is 3. The molecule has 0 spiro atoms. The lowest BCUT2D eigenvalue weighted by molar-refractivity contribution is -0.192. The molecule has 2 heterocycles. The Balaban J connectivity index is 0.000000679. The quantitative estimate of drug-likeness (QED) is 0.277. The fourth-order valence-electron chi connectivity index (χ4n) is 6.67. The highest BCUT2D eigenvalue weighted by atomic mass is 35.5. The molecule has 1 saturated carbocycles. The number of piperazine rings is 2. The normalized spacial score (nSPS) is 19.4. The van der Waals surface area contributed by atoms with E-state index in [2.05, 4.69) is 34.5 Å². The van der Waals surface area contributed by atoms with Gasteiger partial charge in [-0.25, -0.2) is 13.2 Å². The molecule has 2 saturated heterocycles. The number of nitrogens with one attached hydrogen (secondary N) is 1. The molecule has 3 aromatic rings. The van der Waals surface area contributed by atoms with Crippen molar-refractivity contribution in [1.82, 2.24) is 19.4 Å². The molecule has 15 heteroatoms. The Labute approximate surface area is 307 Å². The zero-order valence-corrected chi connectivity index (χ0v) is 30.3. The Morgan fingerprint density at radius 1 is 0.846 bits per heavy atom. The number of carboxylic acid groups (broad SMARTS) is 1. The Morgan fingerprint density at radius 3 is 2.00 bits per heavy atom. The Hall–Kier alpha value is -3.69. The maximum absolute atomic E-state index is 14.0. The number of aliphatic carboxylic acids is 1. The number of amides is 1. The summed E-state index contributed by atoms with van der Waals surface area (Å²) in [6.45, 7) is 4.97. The third kappa shape index (κ3) is 10.7. The van der Waals surface area contributed by atoms with Crippen molar-refractivity contribution >= 4 is 33.5 Å². The Morgan fingerprint density at radius 2 is 1.42 bits per heavy atom. The molecule has 282 valence electrons. The van der Waals surface area contributed by atoms with Gasteiger partial charge in [0, 0.05) is 57.4 Å². The molecule has 0 aromatic heterocycles. The van der Waals surface area contributed by atoms with E-state index in [1.807, 2.05) is 24.3 Å². The zero-order valence-electron chi connectivity index (χ0n) is 28.7. The highest BCUT2D eigenvalue weighted by Crippen LogP contribution is 2.28. The first kappa shape index (κ1) is 39.5. The number of ether oxygens (including phenoxy) is 1. The van der Waals surface area contributed by atoms with Gasteiger partial charge in [0.05, 0.1) is 11.5 Å². The van der Waals surface area contributed by atoms with E-state index in [1.54, 1.807) is 29.2 Å². The number of halogens is 4.